The first kappa shape index (κ1) is 7.15. The van der Waals surface area contributed by atoms with Crippen molar-refractivity contribution in [2.75, 3.05) is 13.0 Å². The van der Waals surface area contributed by atoms with Gasteiger partial charge in [-0.15, -0.1) is 0 Å². The fourth-order valence-corrected chi connectivity index (χ4v) is 0.869. The fraction of sp³-hybridized carbons (Fsp3) is 0.167. The summed E-state index contributed by atoms with van der Waals surface area (Å²) in [5, 5.41) is 0.557. The van der Waals surface area contributed by atoms with E-state index in [-0.39, 0.29) is 0 Å². The number of pyridine rings is 1. The fourth-order valence-electron chi connectivity index (χ4n) is 0.649. The second-order valence-electron chi connectivity index (χ2n) is 1.84. The summed E-state index contributed by atoms with van der Waals surface area (Å²) in [6.07, 6.45) is 3.22. The Labute approximate surface area is 64.0 Å². The molecule has 0 amide bonds. The van der Waals surface area contributed by atoms with E-state index in [1.54, 1.807) is 25.6 Å². The van der Waals surface area contributed by atoms with Crippen LogP contribution in [-0.4, -0.2) is 7.11 Å². The zero-order chi connectivity index (χ0) is 7.56. The number of nitrogen functional groups attached to an aromatic ring is 1. The summed E-state index contributed by atoms with van der Waals surface area (Å²) in [7, 11) is 1.56. The number of nitrogens with two attached hydrogens (primary N) is 1. The van der Waals surface area contributed by atoms with Crippen molar-refractivity contribution in [3.8, 4) is 5.75 Å². The molecule has 0 saturated carbocycles. The Morgan fingerprint density at radius 1 is 1.60 bits per heavy atom. The molecule has 0 aliphatic rings. The Bertz CT molecular complexity index is 219. The Morgan fingerprint density at radius 2 is 2.30 bits per heavy atom. The molecule has 4 heteroatoms. The Hall–Kier alpha value is -0.960. The van der Waals surface area contributed by atoms with E-state index in [0.717, 1.165) is 0 Å². The van der Waals surface area contributed by atoms with Crippen LogP contribution in [0.15, 0.2) is 18.5 Å². The van der Waals surface area contributed by atoms with Crippen molar-refractivity contribution in [1.29, 1.82) is 0 Å². The molecular formula is C6H8ClN2O+. The number of ether oxygens (including phenoxy) is 1. The molecule has 0 fully saturated rings. The highest BCUT2D eigenvalue weighted by atomic mass is 35.5. The molecule has 0 spiro atoms. The van der Waals surface area contributed by atoms with Gasteiger partial charge in [0.15, 0.2) is 5.75 Å². The van der Waals surface area contributed by atoms with E-state index in [4.69, 9.17) is 22.2 Å². The molecule has 0 radical (unpaired) electrons. The predicted molar refractivity (Wildman–Crippen MR) is 38.3 cm³/mol. The van der Waals surface area contributed by atoms with Gasteiger partial charge in [0.05, 0.1) is 7.11 Å². The smallest absolute Gasteiger partial charge is 0.240 e. The van der Waals surface area contributed by atoms with Crippen LogP contribution in [0.5, 0.6) is 5.75 Å². The summed E-state index contributed by atoms with van der Waals surface area (Å²) >= 11 is 5.65. The van der Waals surface area contributed by atoms with Gasteiger partial charge in [-0.05, 0) is 0 Å². The lowest BCUT2D eigenvalue weighted by Crippen LogP contribution is -2.43. The van der Waals surface area contributed by atoms with Gasteiger partial charge in [-0.25, -0.2) is 5.84 Å². The molecule has 1 aromatic rings. The van der Waals surface area contributed by atoms with E-state index in [2.05, 4.69) is 0 Å². The van der Waals surface area contributed by atoms with E-state index in [9.17, 15) is 0 Å². The van der Waals surface area contributed by atoms with Gasteiger partial charge in [0.25, 0.3) is 0 Å². The lowest BCUT2D eigenvalue weighted by Gasteiger charge is -1.95. The number of rotatable bonds is 1. The van der Waals surface area contributed by atoms with Crippen molar-refractivity contribution in [3.63, 3.8) is 0 Å². The number of hydrogen-bond acceptors (Lipinski definition) is 2. The SMILES string of the molecule is COc1cc(Cl)c[n+](N)c1. The molecule has 1 heterocycles. The van der Waals surface area contributed by atoms with Gasteiger partial charge in [0.2, 0.25) is 12.4 Å². The molecule has 1 rings (SSSR count). The zero-order valence-electron chi connectivity index (χ0n) is 5.54. The largest absolute Gasteiger partial charge is 0.491 e. The summed E-state index contributed by atoms with van der Waals surface area (Å²) in [5.41, 5.74) is 0. The minimum Gasteiger partial charge on any atom is -0.491 e. The van der Waals surface area contributed by atoms with E-state index < -0.39 is 0 Å². The van der Waals surface area contributed by atoms with Gasteiger partial charge in [0, 0.05) is 6.07 Å². The van der Waals surface area contributed by atoms with Gasteiger partial charge in [-0.1, -0.05) is 16.3 Å². The van der Waals surface area contributed by atoms with Crippen LogP contribution in [0.1, 0.15) is 0 Å². The minimum atomic E-state index is 0.557. The molecule has 0 unspecified atom stereocenters. The van der Waals surface area contributed by atoms with Gasteiger partial charge >= 0.3 is 0 Å². The lowest BCUT2D eigenvalue weighted by molar-refractivity contribution is -0.639. The molecule has 0 aliphatic carbocycles. The van der Waals surface area contributed by atoms with Gasteiger partial charge in [0.1, 0.15) is 5.02 Å². The highest BCUT2D eigenvalue weighted by Gasteiger charge is 2.01. The Balaban J connectivity index is 3.06. The van der Waals surface area contributed by atoms with Crippen molar-refractivity contribution in [2.45, 2.75) is 0 Å². The van der Waals surface area contributed by atoms with Crippen molar-refractivity contribution >= 4 is 11.6 Å². The topological polar surface area (TPSA) is 39.1 Å². The molecule has 0 atom stereocenters. The van der Waals surface area contributed by atoms with Crippen LogP contribution in [-0.2, 0) is 0 Å². The number of nitrogens with zero attached hydrogens (tertiary/aromatic N) is 1. The second-order valence-corrected chi connectivity index (χ2v) is 2.28. The summed E-state index contributed by atoms with van der Waals surface area (Å²) in [6, 6.07) is 1.69. The van der Waals surface area contributed by atoms with E-state index >= 15 is 0 Å². The van der Waals surface area contributed by atoms with Gasteiger partial charge in [-0.3, -0.25) is 0 Å². The minimum absolute atomic E-state index is 0.557. The number of aromatic nitrogens is 1. The molecule has 0 aliphatic heterocycles. The molecule has 2 N–H and O–H groups in total. The molecule has 0 aromatic carbocycles. The molecule has 54 valence electrons. The van der Waals surface area contributed by atoms with E-state index in [1.807, 2.05) is 0 Å². The van der Waals surface area contributed by atoms with Crippen LogP contribution in [0.2, 0.25) is 5.02 Å². The third-order valence-corrected chi connectivity index (χ3v) is 1.27. The first-order chi connectivity index (χ1) is 4.72. The maximum absolute atomic E-state index is 5.65. The number of hydrogen-bond donors (Lipinski definition) is 1. The third-order valence-electron chi connectivity index (χ3n) is 1.06. The monoisotopic (exact) mass is 159 g/mol. The van der Waals surface area contributed by atoms with Crippen LogP contribution in [0.4, 0.5) is 0 Å². The molecule has 0 bridgehead atoms. The van der Waals surface area contributed by atoms with Crippen LogP contribution in [0.25, 0.3) is 0 Å². The Kier molecular flexibility index (Phi) is 1.97. The first-order valence-electron chi connectivity index (χ1n) is 2.73. The average Bonchev–Trinajstić information content (AvgIpc) is 1.85. The first-order valence-corrected chi connectivity index (χ1v) is 3.11. The zero-order valence-corrected chi connectivity index (χ0v) is 6.30. The lowest BCUT2D eigenvalue weighted by atomic mass is 10.5. The summed E-state index contributed by atoms with van der Waals surface area (Å²) in [6.45, 7) is 0. The summed E-state index contributed by atoms with van der Waals surface area (Å²) in [5.74, 6) is 6.04. The van der Waals surface area contributed by atoms with Crippen molar-refractivity contribution in [1.82, 2.24) is 0 Å². The summed E-state index contributed by atoms with van der Waals surface area (Å²) < 4.78 is 6.24. The Morgan fingerprint density at radius 3 is 2.80 bits per heavy atom. The molecule has 1 aromatic heterocycles. The number of methoxy groups -OCH3 is 1. The highest BCUT2D eigenvalue weighted by Crippen LogP contribution is 2.12. The second kappa shape index (κ2) is 2.75. The maximum atomic E-state index is 5.65. The van der Waals surface area contributed by atoms with Crippen LogP contribution in [0.3, 0.4) is 0 Å². The average molecular weight is 160 g/mol. The van der Waals surface area contributed by atoms with Crippen molar-refractivity contribution in [2.24, 2.45) is 0 Å². The molecular weight excluding hydrogens is 152 g/mol. The molecule has 0 saturated heterocycles. The predicted octanol–water partition coefficient (Wildman–Crippen LogP) is 0.350. The quantitative estimate of drug-likeness (QED) is 0.475. The van der Waals surface area contributed by atoms with Crippen molar-refractivity contribution < 1.29 is 9.41 Å². The molecule has 10 heavy (non-hydrogen) atoms. The van der Waals surface area contributed by atoms with Crippen molar-refractivity contribution in [3.05, 3.63) is 23.5 Å². The van der Waals surface area contributed by atoms with Crippen LogP contribution >= 0.6 is 11.6 Å². The normalized spacial score (nSPS) is 9.40. The number of halogens is 1. The molecule has 3 nitrogen and oxygen atoms in total. The van der Waals surface area contributed by atoms with Gasteiger partial charge in [-0.2, -0.15) is 0 Å². The van der Waals surface area contributed by atoms with E-state index in [1.165, 1.54) is 4.68 Å². The maximum Gasteiger partial charge on any atom is 0.240 e. The highest BCUT2D eigenvalue weighted by molar-refractivity contribution is 6.30. The van der Waals surface area contributed by atoms with Crippen LogP contribution < -0.4 is 15.3 Å². The van der Waals surface area contributed by atoms with Crippen LogP contribution in [0, 0.1) is 0 Å². The van der Waals surface area contributed by atoms with E-state index in [0.29, 0.717) is 10.8 Å². The third kappa shape index (κ3) is 1.51. The standard InChI is InChI=1S/C6H8ClN2O/c1-10-6-2-5(7)3-9(8)4-6/h2-4H,8H2,1H3/q+1. The summed E-state index contributed by atoms with van der Waals surface area (Å²) in [4.78, 5) is 0. The van der Waals surface area contributed by atoms with Gasteiger partial charge < -0.3 is 4.74 Å².